The molecule has 0 radical (unpaired) electrons. The molecule has 0 saturated carbocycles. The lowest BCUT2D eigenvalue weighted by Gasteiger charge is -2.26. The van der Waals surface area contributed by atoms with Crippen LogP contribution in [-0.4, -0.2) is 63.2 Å². The number of aromatic nitrogens is 4. The van der Waals surface area contributed by atoms with E-state index in [1.165, 1.54) is 6.20 Å². The summed E-state index contributed by atoms with van der Waals surface area (Å²) in [4.78, 5) is 79.3. The topological polar surface area (TPSA) is 217 Å². The highest BCUT2D eigenvalue weighted by atomic mass is 16.2. The number of aromatic amines is 1. The normalized spacial score (nSPS) is 11.5. The fourth-order valence-electron chi connectivity index (χ4n) is 5.68. The maximum Gasteiger partial charge on any atom is 0.280 e. The first-order valence-electron chi connectivity index (χ1n) is 17.4. The molecule has 54 heavy (non-hydrogen) atoms. The van der Waals surface area contributed by atoms with Crippen molar-refractivity contribution in [1.29, 1.82) is 0 Å². The van der Waals surface area contributed by atoms with E-state index in [-0.39, 0.29) is 79.6 Å². The largest absolute Gasteiger partial charge is 0.379 e. The van der Waals surface area contributed by atoms with E-state index < -0.39 is 5.56 Å². The third-order valence-corrected chi connectivity index (χ3v) is 8.48. The molecule has 4 amide bonds. The highest BCUT2D eigenvalue weighted by molar-refractivity contribution is 5.97. The molecule has 0 atom stereocenters. The van der Waals surface area contributed by atoms with E-state index in [2.05, 4.69) is 53.0 Å². The number of rotatable bonds is 14. The van der Waals surface area contributed by atoms with Crippen molar-refractivity contribution in [3.63, 3.8) is 0 Å². The van der Waals surface area contributed by atoms with Gasteiger partial charge in [0.2, 0.25) is 23.7 Å². The third-order valence-electron chi connectivity index (χ3n) is 8.48. The Morgan fingerprint density at radius 3 is 2.30 bits per heavy atom. The third kappa shape index (κ3) is 9.62. The second-order valence-corrected chi connectivity index (χ2v) is 12.4. The standard InChI is InChI=1S/C39H38N10O5/c40-39-47-36-35(38(54)48-39)46-30(23-45-36)22-44-29-15-13-27(14-16-29)37(53)43-19-5-10-32(50)41-20-21-42-33(51)17-18-34(52)49-24-28-8-2-1-6-25(28)11-12-26-7-3-4-9-31(26)49/h1-4,6-9,13-16,23,44H,5,10,17-22,24H2,(H,41,50)(H,42,51)(H,43,53)(H3,40,45,47,48,54). The summed E-state index contributed by atoms with van der Waals surface area (Å²) in [6.45, 7) is 1.40. The lowest BCUT2D eigenvalue weighted by atomic mass is 10.0. The number of nitrogens with two attached hydrogens (primary N) is 1. The van der Waals surface area contributed by atoms with Crippen LogP contribution in [0.1, 0.15) is 58.4 Å². The lowest BCUT2D eigenvalue weighted by Crippen LogP contribution is -2.36. The lowest BCUT2D eigenvalue weighted by molar-refractivity contribution is -0.125. The molecule has 1 aliphatic rings. The van der Waals surface area contributed by atoms with Crippen molar-refractivity contribution < 1.29 is 19.2 Å². The molecular formula is C39H38N10O5. The number of nitrogens with zero attached hydrogens (tertiary/aromatic N) is 4. The fraction of sp³-hybridized carbons (Fsp3) is 0.231. The van der Waals surface area contributed by atoms with E-state index in [4.69, 9.17) is 5.73 Å². The van der Waals surface area contributed by atoms with Crippen LogP contribution in [0.25, 0.3) is 11.2 Å². The number of H-pyrrole nitrogens is 1. The molecule has 0 fully saturated rings. The predicted octanol–water partition coefficient (Wildman–Crippen LogP) is 2.38. The summed E-state index contributed by atoms with van der Waals surface area (Å²) < 4.78 is 0. The van der Waals surface area contributed by atoms with E-state index >= 15 is 0 Å². The van der Waals surface area contributed by atoms with Crippen molar-refractivity contribution in [3.05, 3.63) is 117 Å². The van der Waals surface area contributed by atoms with Crippen molar-refractivity contribution >= 4 is 52.1 Å². The van der Waals surface area contributed by atoms with Gasteiger partial charge in [-0.05, 0) is 54.4 Å². The number of fused-ring (bicyclic) bond motifs is 3. The van der Waals surface area contributed by atoms with Crippen LogP contribution >= 0.6 is 0 Å². The molecule has 15 heteroatoms. The molecule has 1 aliphatic heterocycles. The minimum Gasteiger partial charge on any atom is -0.379 e. The average Bonchev–Trinajstić information content (AvgIpc) is 3.17. The number of nitrogens with one attached hydrogen (secondary N) is 5. The van der Waals surface area contributed by atoms with Crippen molar-refractivity contribution in [2.75, 3.05) is 35.6 Å². The summed E-state index contributed by atoms with van der Waals surface area (Å²) in [5.74, 6) is 5.38. The van der Waals surface area contributed by atoms with Gasteiger partial charge < -0.3 is 31.9 Å². The number of carbonyl (C=O) groups is 4. The van der Waals surface area contributed by atoms with Gasteiger partial charge in [0, 0.05) is 61.3 Å². The van der Waals surface area contributed by atoms with Gasteiger partial charge in [-0.3, -0.25) is 29.0 Å². The van der Waals surface area contributed by atoms with Crippen LogP contribution in [0.3, 0.4) is 0 Å². The van der Waals surface area contributed by atoms with Gasteiger partial charge in [-0.25, -0.2) is 9.97 Å². The Balaban J connectivity index is 0.847. The molecule has 7 N–H and O–H groups in total. The summed E-state index contributed by atoms with van der Waals surface area (Å²) in [5.41, 5.74) is 10.3. The fourth-order valence-corrected chi connectivity index (χ4v) is 5.68. The van der Waals surface area contributed by atoms with Crippen LogP contribution < -0.4 is 37.5 Å². The first kappa shape index (κ1) is 36.7. The Labute approximate surface area is 310 Å². The van der Waals surface area contributed by atoms with Crippen LogP contribution in [0.2, 0.25) is 0 Å². The molecular weight excluding hydrogens is 688 g/mol. The van der Waals surface area contributed by atoms with Gasteiger partial charge in [0.1, 0.15) is 0 Å². The van der Waals surface area contributed by atoms with Crippen molar-refractivity contribution in [1.82, 2.24) is 35.9 Å². The number of carbonyl (C=O) groups excluding carboxylic acids is 4. The van der Waals surface area contributed by atoms with Crippen LogP contribution in [0, 0.1) is 11.8 Å². The van der Waals surface area contributed by atoms with Gasteiger partial charge in [0.15, 0.2) is 11.2 Å². The molecule has 0 bridgehead atoms. The molecule has 3 aromatic carbocycles. The van der Waals surface area contributed by atoms with E-state index in [0.717, 1.165) is 22.4 Å². The number of hydrogen-bond acceptors (Lipinski definition) is 10. The Hall–Kier alpha value is -7.08. The smallest absolute Gasteiger partial charge is 0.280 e. The van der Waals surface area contributed by atoms with Gasteiger partial charge >= 0.3 is 0 Å². The molecule has 0 aliphatic carbocycles. The molecule has 2 aromatic heterocycles. The Kier molecular flexibility index (Phi) is 11.8. The van der Waals surface area contributed by atoms with Crippen LogP contribution in [0.4, 0.5) is 17.3 Å². The van der Waals surface area contributed by atoms with E-state index in [9.17, 15) is 24.0 Å². The second kappa shape index (κ2) is 17.4. The summed E-state index contributed by atoms with van der Waals surface area (Å²) in [7, 11) is 0. The number of amides is 4. The zero-order valence-corrected chi connectivity index (χ0v) is 29.3. The minimum atomic E-state index is -0.471. The molecule has 5 aromatic rings. The molecule has 3 heterocycles. The van der Waals surface area contributed by atoms with Crippen LogP contribution in [-0.2, 0) is 27.5 Å². The van der Waals surface area contributed by atoms with E-state index in [0.29, 0.717) is 36.5 Å². The maximum absolute atomic E-state index is 13.3. The molecule has 274 valence electrons. The first-order valence-corrected chi connectivity index (χ1v) is 17.4. The number of nitrogen functional groups attached to an aromatic ring is 1. The molecule has 15 nitrogen and oxygen atoms in total. The Morgan fingerprint density at radius 1 is 0.796 bits per heavy atom. The zero-order valence-electron chi connectivity index (χ0n) is 29.3. The average molecular weight is 727 g/mol. The maximum atomic E-state index is 13.3. The van der Waals surface area contributed by atoms with Crippen LogP contribution in [0.5, 0.6) is 0 Å². The SMILES string of the molecule is Nc1nc2ncc(CNc3ccc(C(=O)NCCCC(=O)NCCNC(=O)CCC(=O)N4Cc5ccccc5C#Cc5ccccc54)cc3)nc2c(=O)[nH]1. The summed E-state index contributed by atoms with van der Waals surface area (Å²) in [6.07, 6.45) is 2.16. The molecule has 0 unspecified atom stereocenters. The molecule has 0 saturated heterocycles. The second-order valence-electron chi connectivity index (χ2n) is 12.4. The monoisotopic (exact) mass is 726 g/mol. The van der Waals surface area contributed by atoms with Crippen LogP contribution in [0.15, 0.2) is 83.8 Å². The number of hydrogen-bond donors (Lipinski definition) is 6. The summed E-state index contributed by atoms with van der Waals surface area (Å²) in [6, 6.07) is 22.0. The van der Waals surface area contributed by atoms with Gasteiger partial charge in [-0.2, -0.15) is 4.98 Å². The molecule has 6 rings (SSSR count). The van der Waals surface area contributed by atoms with E-state index in [1.54, 1.807) is 29.2 Å². The van der Waals surface area contributed by atoms with Gasteiger partial charge in [-0.15, -0.1) is 0 Å². The first-order chi connectivity index (χ1) is 26.2. The quantitative estimate of drug-likeness (QED) is 0.0725. The Morgan fingerprint density at radius 2 is 1.50 bits per heavy atom. The summed E-state index contributed by atoms with van der Waals surface area (Å²) >= 11 is 0. The molecule has 0 spiro atoms. The number of benzene rings is 3. The zero-order chi connectivity index (χ0) is 37.9. The number of anilines is 3. The minimum absolute atomic E-state index is 0.0101. The van der Waals surface area contributed by atoms with Gasteiger partial charge in [0.25, 0.3) is 11.5 Å². The van der Waals surface area contributed by atoms with Gasteiger partial charge in [-0.1, -0.05) is 42.2 Å². The van der Waals surface area contributed by atoms with Crippen molar-refractivity contribution in [2.45, 2.75) is 38.8 Å². The van der Waals surface area contributed by atoms with Gasteiger partial charge in [0.05, 0.1) is 30.7 Å². The summed E-state index contributed by atoms with van der Waals surface area (Å²) in [5, 5.41) is 11.5. The Bertz CT molecular complexity index is 2310. The predicted molar refractivity (Wildman–Crippen MR) is 203 cm³/mol. The highest BCUT2D eigenvalue weighted by Crippen LogP contribution is 2.26. The van der Waals surface area contributed by atoms with Crippen molar-refractivity contribution in [2.24, 2.45) is 0 Å². The van der Waals surface area contributed by atoms with E-state index in [1.807, 2.05) is 48.5 Å². The highest BCUT2D eigenvalue weighted by Gasteiger charge is 2.22. The number of para-hydroxylation sites is 1. The van der Waals surface area contributed by atoms with Crippen molar-refractivity contribution in [3.8, 4) is 11.8 Å².